The predicted molar refractivity (Wildman–Crippen MR) is 78.1 cm³/mol. The second kappa shape index (κ2) is 7.06. The lowest BCUT2D eigenvalue weighted by Crippen LogP contribution is -2.68. The third kappa shape index (κ3) is 4.24. The van der Waals surface area contributed by atoms with Crippen LogP contribution in [-0.4, -0.2) is 10.1 Å². The summed E-state index contributed by atoms with van der Waals surface area (Å²) in [5.74, 6) is 0. The maximum absolute atomic E-state index is 8.49. The Morgan fingerprint density at radius 1 is 0.800 bits per heavy atom. The molecule has 4 rings (SSSR count). The number of fused-ring (bicyclic) bond motifs is 3. The minimum absolute atomic E-state index is 0.956. The molecule has 25 heavy (non-hydrogen) atoms. The van der Waals surface area contributed by atoms with Crippen molar-refractivity contribution in [1.29, 1.82) is 0 Å². The van der Waals surface area contributed by atoms with E-state index < -0.39 is 10.2 Å². The summed E-state index contributed by atoms with van der Waals surface area (Å²) in [5, 5.41) is 6.68. The summed E-state index contributed by atoms with van der Waals surface area (Å²) in [6.07, 6.45) is 3.58. The molecule has 2 aromatic heterocycles. The van der Waals surface area contributed by atoms with Gasteiger partial charge in [-0.2, -0.15) is 0 Å². The molecule has 2 heterocycles. The number of rotatable bonds is 1. The van der Waals surface area contributed by atoms with Crippen molar-refractivity contribution < 1.29 is 33.4 Å². The predicted octanol–water partition coefficient (Wildman–Crippen LogP) is -1.72. The average molecular weight is 358 g/mol. The fraction of sp³-hybridized carbons (Fsp3) is 0. The molecule has 0 aliphatic heterocycles. The molecule has 126 valence electrons. The molecule has 7 nitrogen and oxygen atoms in total. The van der Waals surface area contributed by atoms with Gasteiger partial charge < -0.3 is 0 Å². The highest BCUT2D eigenvalue weighted by molar-refractivity contribution is 5.99. The van der Waals surface area contributed by atoms with Crippen molar-refractivity contribution in [3.8, 4) is 11.3 Å². The van der Waals surface area contributed by atoms with Crippen LogP contribution in [0.4, 0.5) is 0 Å². The van der Waals surface area contributed by atoms with Crippen molar-refractivity contribution in [3.63, 3.8) is 0 Å². The van der Waals surface area contributed by atoms with Crippen molar-refractivity contribution >= 4 is 16.3 Å². The lowest BCUT2D eigenvalue weighted by atomic mass is 10.1. The van der Waals surface area contributed by atoms with Gasteiger partial charge in [0.2, 0.25) is 6.20 Å². The molecule has 0 radical (unpaired) electrons. The number of halogens is 1. The van der Waals surface area contributed by atoms with Gasteiger partial charge >= 0.3 is 0 Å². The van der Waals surface area contributed by atoms with E-state index in [1.165, 1.54) is 5.39 Å². The third-order valence-electron chi connectivity index (χ3n) is 3.47. The summed E-state index contributed by atoms with van der Waals surface area (Å²) in [6.45, 7) is 0. The molecule has 0 aliphatic carbocycles. The molecule has 0 atom stereocenters. The van der Waals surface area contributed by atoms with Gasteiger partial charge in [0, 0.05) is 16.7 Å². The number of hydrogen-bond acceptors (Lipinski definition) is 6. The molecule has 0 aliphatic rings. The van der Waals surface area contributed by atoms with Crippen LogP contribution in [0.15, 0.2) is 73.2 Å². The summed E-state index contributed by atoms with van der Waals surface area (Å²) < 4.78 is 35.9. The molecule has 2 aromatic carbocycles. The minimum Gasteiger partial charge on any atom is -0.223 e. The van der Waals surface area contributed by atoms with Gasteiger partial charge in [-0.05, 0) is 16.0 Å². The van der Waals surface area contributed by atoms with Crippen LogP contribution in [0.25, 0.3) is 27.5 Å². The molecule has 0 spiro atoms. The fourth-order valence-electron chi connectivity index (χ4n) is 2.55. The molecule has 0 amide bonds. The van der Waals surface area contributed by atoms with E-state index in [4.69, 9.17) is 18.6 Å². The van der Waals surface area contributed by atoms with E-state index in [-0.39, 0.29) is 0 Å². The Morgan fingerprint density at radius 3 is 2.16 bits per heavy atom. The van der Waals surface area contributed by atoms with E-state index in [1.54, 1.807) is 6.33 Å². The topological polar surface area (TPSA) is 122 Å². The Hall–Kier alpha value is -2.68. The smallest absolute Gasteiger partial charge is 0.223 e. The molecule has 8 heteroatoms. The number of aromatic nitrogens is 3. The molecule has 0 N–H and O–H groups in total. The molecule has 0 bridgehead atoms. The van der Waals surface area contributed by atoms with Crippen LogP contribution in [0.5, 0.6) is 0 Å². The molecule has 0 saturated carbocycles. The first kappa shape index (κ1) is 17.2. The van der Waals surface area contributed by atoms with Gasteiger partial charge in [-0.1, -0.05) is 48.5 Å². The average Bonchev–Trinajstić information content (AvgIpc) is 2.60. The van der Waals surface area contributed by atoms with E-state index >= 15 is 0 Å². The maximum atomic E-state index is 8.49. The zero-order valence-corrected chi connectivity index (χ0v) is 13.5. The number of nitrogens with zero attached hydrogens (tertiary/aromatic N) is 3. The van der Waals surface area contributed by atoms with Crippen LogP contribution >= 0.6 is 0 Å². The van der Waals surface area contributed by atoms with Crippen LogP contribution in [0, 0.1) is 10.2 Å². The largest absolute Gasteiger partial charge is 0.272 e. The Morgan fingerprint density at radius 2 is 1.44 bits per heavy atom. The Bertz CT molecular complexity index is 1000. The van der Waals surface area contributed by atoms with Gasteiger partial charge in [-0.25, -0.2) is 23.6 Å². The number of hydrogen-bond donors (Lipinski definition) is 0. The number of pyridine rings is 1. The van der Waals surface area contributed by atoms with E-state index in [1.807, 2.05) is 41.0 Å². The van der Waals surface area contributed by atoms with Crippen LogP contribution in [-0.2, 0) is 0 Å². The summed E-state index contributed by atoms with van der Waals surface area (Å²) in [6, 6.07) is 20.6. The van der Waals surface area contributed by atoms with Crippen molar-refractivity contribution in [2.24, 2.45) is 0 Å². The van der Waals surface area contributed by atoms with Gasteiger partial charge in [0.05, 0.1) is 5.39 Å². The van der Waals surface area contributed by atoms with Gasteiger partial charge in [0.1, 0.15) is 5.69 Å². The first-order valence-electron chi connectivity index (χ1n) is 7.15. The highest BCUT2D eigenvalue weighted by Gasteiger charge is 2.16. The third-order valence-corrected chi connectivity index (χ3v) is 3.47. The van der Waals surface area contributed by atoms with Gasteiger partial charge in [-0.15, -0.1) is 10.2 Å². The summed E-state index contributed by atoms with van der Waals surface area (Å²) >= 11 is 0. The summed E-state index contributed by atoms with van der Waals surface area (Å²) in [7, 11) is -4.94. The Balaban J connectivity index is 0.000000324. The lowest BCUT2D eigenvalue weighted by Gasteiger charge is -2.17. The highest BCUT2D eigenvalue weighted by Crippen LogP contribution is 2.25. The van der Waals surface area contributed by atoms with Gasteiger partial charge in [0.25, 0.3) is 5.52 Å². The summed E-state index contributed by atoms with van der Waals surface area (Å²) in [5.41, 5.74) is 3.10. The zero-order valence-electron chi connectivity index (χ0n) is 12.8. The molecule has 0 saturated heterocycles. The lowest BCUT2D eigenvalue weighted by molar-refractivity contribution is -2.00. The Labute approximate surface area is 144 Å². The van der Waals surface area contributed by atoms with E-state index in [0.29, 0.717) is 0 Å². The van der Waals surface area contributed by atoms with E-state index in [2.05, 4.69) is 40.4 Å². The molecule has 4 aromatic rings. The van der Waals surface area contributed by atoms with Crippen molar-refractivity contribution in [2.45, 2.75) is 0 Å². The fourth-order valence-corrected chi connectivity index (χ4v) is 2.55. The number of benzene rings is 2. The minimum atomic E-state index is -4.94. The van der Waals surface area contributed by atoms with Crippen LogP contribution < -0.4 is 23.2 Å². The van der Waals surface area contributed by atoms with E-state index in [9.17, 15) is 0 Å². The second-order valence-corrected chi connectivity index (χ2v) is 5.80. The monoisotopic (exact) mass is 357 g/mol. The normalized spacial score (nSPS) is 11.2. The van der Waals surface area contributed by atoms with Crippen molar-refractivity contribution in [2.75, 3.05) is 0 Å². The first-order valence-corrected chi connectivity index (χ1v) is 8.38. The van der Waals surface area contributed by atoms with Crippen LogP contribution in [0.1, 0.15) is 0 Å². The van der Waals surface area contributed by atoms with Crippen LogP contribution in [0.2, 0.25) is 0 Å². The maximum Gasteiger partial charge on any atom is 0.272 e. The molecule has 0 fully saturated rings. The molecule has 0 unspecified atom stereocenters. The SMILES string of the molecule is [O-][Cl+3]([O-])([O-])[O-].c1ccc(-c2ncn[n+]3ccc4ccccc4c23)cc1. The second-order valence-electron chi connectivity index (χ2n) is 5.05. The first-order chi connectivity index (χ1) is 11.9. The van der Waals surface area contributed by atoms with Crippen molar-refractivity contribution in [1.82, 2.24) is 10.1 Å². The Kier molecular flexibility index (Phi) is 4.84. The van der Waals surface area contributed by atoms with E-state index in [0.717, 1.165) is 22.2 Å². The zero-order chi connectivity index (χ0) is 17.9. The van der Waals surface area contributed by atoms with Crippen molar-refractivity contribution in [3.05, 3.63) is 73.2 Å². The van der Waals surface area contributed by atoms with Crippen LogP contribution in [0.3, 0.4) is 0 Å². The highest BCUT2D eigenvalue weighted by atomic mass is 35.7. The summed E-state index contributed by atoms with van der Waals surface area (Å²) in [4.78, 5) is 4.50. The quantitative estimate of drug-likeness (QED) is 0.295. The molecular weight excluding hydrogens is 346 g/mol. The van der Waals surface area contributed by atoms with Gasteiger partial charge in [-0.3, -0.25) is 0 Å². The molecular formula is C17H12ClN3O4. The standard InChI is InChI=1S/C17H12N3.ClHO4/c1-2-7-14(8-3-1)16-17-15-9-5-4-6-13(15)10-11-20(17)19-12-18-16;2-1(3,4)5/h1-12H;(H,2,3,4,5)/q+1;/p-1. The van der Waals surface area contributed by atoms with Gasteiger partial charge in [0.15, 0.2) is 6.33 Å².